The molecule has 6 nitrogen and oxygen atoms in total. The molecular weight excluding hydrogens is 586 g/mol. The van der Waals surface area contributed by atoms with Crippen molar-refractivity contribution < 1.29 is 22.3 Å². The van der Waals surface area contributed by atoms with Crippen LogP contribution in [0.2, 0.25) is 10.0 Å². The molecule has 1 heterocycles. The van der Waals surface area contributed by atoms with Gasteiger partial charge in [-0.05, 0) is 72.6 Å². The number of benzene rings is 3. The molecule has 1 saturated heterocycles. The summed E-state index contributed by atoms with van der Waals surface area (Å²) >= 11 is 12.7. The van der Waals surface area contributed by atoms with Crippen molar-refractivity contribution in [3.8, 4) is 5.75 Å². The van der Waals surface area contributed by atoms with Crippen molar-refractivity contribution in [2.45, 2.75) is 49.8 Å². The summed E-state index contributed by atoms with van der Waals surface area (Å²) in [5, 5.41) is 0.592. The van der Waals surface area contributed by atoms with Crippen LogP contribution in [0.25, 0.3) is 0 Å². The minimum absolute atomic E-state index is 0.0374. The summed E-state index contributed by atoms with van der Waals surface area (Å²) in [6.07, 6.45) is 2.85. The zero-order chi connectivity index (χ0) is 28.9. The zero-order valence-electron chi connectivity index (χ0n) is 22.6. The minimum atomic E-state index is -3.78. The van der Waals surface area contributed by atoms with Gasteiger partial charge in [0.15, 0.2) is 0 Å². The number of carbonyl (C=O) groups is 1. The fraction of sp³-hybridized carbons (Fsp3) is 0.387. The number of amides is 1. The summed E-state index contributed by atoms with van der Waals surface area (Å²) in [6, 6.07) is 18.4. The molecule has 2 aliphatic carbocycles. The van der Waals surface area contributed by atoms with Crippen LogP contribution in [-0.4, -0.2) is 44.2 Å². The molecule has 1 unspecified atom stereocenters. The third-order valence-electron chi connectivity index (χ3n) is 7.99. The van der Waals surface area contributed by atoms with E-state index < -0.39 is 27.0 Å². The van der Waals surface area contributed by atoms with Crippen molar-refractivity contribution in [1.82, 2.24) is 9.62 Å². The molecule has 3 aromatic carbocycles. The van der Waals surface area contributed by atoms with Crippen molar-refractivity contribution in [3.05, 3.63) is 98.8 Å². The number of sulfonamides is 1. The lowest BCUT2D eigenvalue weighted by atomic mass is 9.79. The molecule has 0 bridgehead atoms. The van der Waals surface area contributed by atoms with E-state index in [9.17, 15) is 13.2 Å². The highest BCUT2D eigenvalue weighted by Gasteiger charge is 2.44. The Kier molecular flexibility index (Phi) is 7.55. The Morgan fingerprint density at radius 1 is 1.02 bits per heavy atom. The normalized spacial score (nSPS) is 19.3. The molecule has 3 aromatic rings. The second-order valence-corrected chi connectivity index (χ2v) is 14.7. The Morgan fingerprint density at radius 2 is 1.68 bits per heavy atom. The van der Waals surface area contributed by atoms with Crippen LogP contribution in [0, 0.1) is 11.2 Å². The average molecular weight is 618 g/mol. The molecule has 6 rings (SSSR count). The highest BCUT2D eigenvalue weighted by molar-refractivity contribution is 7.91. The van der Waals surface area contributed by atoms with Gasteiger partial charge in [-0.15, -0.1) is 0 Å². The number of nitrogens with one attached hydrogen (secondary N) is 1. The number of carbonyl (C=O) groups excluding carboxylic acids is 1. The summed E-state index contributed by atoms with van der Waals surface area (Å²) in [7, 11) is -3.78. The second-order valence-electron chi connectivity index (χ2n) is 11.8. The average Bonchev–Trinajstić information content (AvgIpc) is 3.79. The van der Waals surface area contributed by atoms with Crippen LogP contribution in [0.3, 0.4) is 0 Å². The van der Waals surface area contributed by atoms with Gasteiger partial charge in [0.1, 0.15) is 11.6 Å². The first-order valence-electron chi connectivity index (χ1n) is 13.8. The summed E-state index contributed by atoms with van der Waals surface area (Å²) in [4.78, 5) is 15.0. The van der Waals surface area contributed by atoms with Crippen molar-refractivity contribution in [2.75, 3.05) is 19.7 Å². The van der Waals surface area contributed by atoms with Gasteiger partial charge in [-0.2, -0.15) is 0 Å². The SMILES string of the molecule is CC1(COc2cc(F)c(C(=O)NS(=O)(=O)C3CC3)cc2C2CC2)CN(C(c2ccccc2)c2cc(Cl)cc(Cl)c2)C1. The summed E-state index contributed by atoms with van der Waals surface area (Å²) in [6.45, 7) is 3.96. The van der Waals surface area contributed by atoms with Gasteiger partial charge >= 0.3 is 0 Å². The van der Waals surface area contributed by atoms with Crippen molar-refractivity contribution in [1.29, 1.82) is 0 Å². The highest BCUT2D eigenvalue weighted by Crippen LogP contribution is 2.46. The smallest absolute Gasteiger partial charge is 0.267 e. The standard InChI is InChI=1S/C31H31Cl2FN2O4S/c1-31(16-36(17-31)29(20-5-3-2-4-6-20)21-11-22(32)13-23(33)12-21)18-40-28-15-27(34)26(14-25(28)19-7-8-19)30(37)35-41(38,39)24-9-10-24/h2-6,11-15,19,24,29H,7-10,16-18H2,1H3,(H,35,37). The van der Waals surface area contributed by atoms with Crippen LogP contribution in [0.5, 0.6) is 5.75 Å². The number of rotatable bonds is 10. The third kappa shape index (κ3) is 6.26. The molecular formula is C31H31Cl2FN2O4S. The maximum Gasteiger partial charge on any atom is 0.267 e. The van der Waals surface area contributed by atoms with E-state index in [2.05, 4.69) is 24.0 Å². The Bertz CT molecular complexity index is 1570. The number of likely N-dealkylation sites (tertiary alicyclic amines) is 1. The van der Waals surface area contributed by atoms with E-state index in [1.807, 2.05) is 35.1 Å². The van der Waals surface area contributed by atoms with Crippen LogP contribution in [0.15, 0.2) is 60.7 Å². The van der Waals surface area contributed by atoms with Gasteiger partial charge < -0.3 is 4.74 Å². The van der Waals surface area contributed by atoms with Crippen molar-refractivity contribution in [2.24, 2.45) is 5.41 Å². The quantitative estimate of drug-likeness (QED) is 0.273. The number of nitrogens with zero attached hydrogens (tertiary/aromatic N) is 1. The van der Waals surface area contributed by atoms with Crippen LogP contribution in [0.4, 0.5) is 4.39 Å². The largest absolute Gasteiger partial charge is 0.493 e. The van der Waals surface area contributed by atoms with E-state index in [1.54, 1.807) is 6.07 Å². The summed E-state index contributed by atoms with van der Waals surface area (Å²) < 4.78 is 47.8. The van der Waals surface area contributed by atoms with Gasteiger partial charge in [0.05, 0.1) is 23.5 Å². The van der Waals surface area contributed by atoms with Crippen LogP contribution >= 0.6 is 23.2 Å². The molecule has 3 aliphatic rings. The highest BCUT2D eigenvalue weighted by atomic mass is 35.5. The van der Waals surface area contributed by atoms with E-state index in [0.717, 1.165) is 42.6 Å². The van der Waals surface area contributed by atoms with E-state index in [0.29, 0.717) is 35.2 Å². The van der Waals surface area contributed by atoms with Gasteiger partial charge in [-0.1, -0.05) is 60.5 Å². The molecule has 0 radical (unpaired) electrons. The molecule has 1 atom stereocenters. The van der Waals surface area contributed by atoms with Crippen LogP contribution in [-0.2, 0) is 10.0 Å². The number of hydrogen-bond acceptors (Lipinski definition) is 5. The first-order valence-corrected chi connectivity index (χ1v) is 16.1. The predicted molar refractivity (Wildman–Crippen MR) is 158 cm³/mol. The molecule has 1 N–H and O–H groups in total. The maximum atomic E-state index is 15.1. The Morgan fingerprint density at radius 3 is 2.29 bits per heavy atom. The van der Waals surface area contributed by atoms with Crippen LogP contribution < -0.4 is 9.46 Å². The lowest BCUT2D eigenvalue weighted by Crippen LogP contribution is -2.58. The van der Waals surface area contributed by atoms with Gasteiger partial charge in [0.25, 0.3) is 5.91 Å². The van der Waals surface area contributed by atoms with E-state index in [4.69, 9.17) is 27.9 Å². The minimum Gasteiger partial charge on any atom is -0.493 e. The first-order chi connectivity index (χ1) is 19.5. The molecule has 10 heteroatoms. The lowest BCUT2D eigenvalue weighted by Gasteiger charge is -2.51. The maximum absolute atomic E-state index is 15.1. The van der Waals surface area contributed by atoms with E-state index >= 15 is 4.39 Å². The fourth-order valence-corrected chi connectivity index (χ4v) is 7.51. The van der Waals surface area contributed by atoms with Gasteiger partial charge in [0.2, 0.25) is 10.0 Å². The topological polar surface area (TPSA) is 75.7 Å². The second kappa shape index (κ2) is 10.9. The monoisotopic (exact) mass is 616 g/mol. The molecule has 1 aliphatic heterocycles. The molecule has 1 amide bonds. The van der Waals surface area contributed by atoms with Gasteiger partial charge in [-0.25, -0.2) is 17.5 Å². The molecule has 41 heavy (non-hydrogen) atoms. The Labute approximate surface area is 249 Å². The number of ether oxygens (including phenoxy) is 1. The summed E-state index contributed by atoms with van der Waals surface area (Å²) in [5.41, 5.74) is 2.42. The van der Waals surface area contributed by atoms with Gasteiger partial charge in [0, 0.05) is 34.6 Å². The van der Waals surface area contributed by atoms with E-state index in [-0.39, 0.29) is 22.9 Å². The first kappa shape index (κ1) is 28.5. The molecule has 3 fully saturated rings. The lowest BCUT2D eigenvalue weighted by molar-refractivity contribution is -0.0379. The fourth-order valence-electron chi connectivity index (χ4n) is 5.67. The number of halogens is 3. The molecule has 0 spiro atoms. The summed E-state index contributed by atoms with van der Waals surface area (Å²) in [5.74, 6) is -1.15. The third-order valence-corrected chi connectivity index (χ3v) is 10.2. The van der Waals surface area contributed by atoms with Crippen LogP contribution in [0.1, 0.15) is 71.6 Å². The van der Waals surface area contributed by atoms with Crippen molar-refractivity contribution >= 4 is 39.1 Å². The van der Waals surface area contributed by atoms with E-state index in [1.165, 1.54) is 12.1 Å². The predicted octanol–water partition coefficient (Wildman–Crippen LogP) is 6.72. The van der Waals surface area contributed by atoms with Gasteiger partial charge in [-0.3, -0.25) is 9.69 Å². The zero-order valence-corrected chi connectivity index (χ0v) is 24.9. The molecule has 0 aromatic heterocycles. The number of hydrogen-bond donors (Lipinski definition) is 1. The molecule has 2 saturated carbocycles. The molecule has 216 valence electrons. The Balaban J connectivity index is 1.17. The Hall–Kier alpha value is -2.65. The van der Waals surface area contributed by atoms with Crippen molar-refractivity contribution in [3.63, 3.8) is 0 Å².